The average Bonchev–Trinajstić information content (AvgIpc) is 2.97. The number of rotatable bonds is 2. The van der Waals surface area contributed by atoms with Crippen LogP contribution in [0.15, 0.2) is 0 Å². The number of carbonyl (C=O) groups excluding carboxylic acids is 2. The van der Waals surface area contributed by atoms with Gasteiger partial charge in [-0.2, -0.15) is 0 Å². The summed E-state index contributed by atoms with van der Waals surface area (Å²) in [5, 5.41) is 9.50. The third kappa shape index (κ3) is 2.00. The van der Waals surface area contributed by atoms with Crippen molar-refractivity contribution in [3.8, 4) is 0 Å². The van der Waals surface area contributed by atoms with Gasteiger partial charge in [0, 0.05) is 25.0 Å². The van der Waals surface area contributed by atoms with E-state index in [1.807, 2.05) is 0 Å². The SMILES string of the molecule is O=C1CC2(CCCC2)C(=O)N1C1CCCCC1CO. The zero-order chi connectivity index (χ0) is 13.5. The maximum Gasteiger partial charge on any atom is 0.236 e. The monoisotopic (exact) mass is 265 g/mol. The van der Waals surface area contributed by atoms with Crippen LogP contribution in [0.25, 0.3) is 0 Å². The molecule has 4 heteroatoms. The largest absolute Gasteiger partial charge is 0.396 e. The smallest absolute Gasteiger partial charge is 0.236 e. The second kappa shape index (κ2) is 4.89. The summed E-state index contributed by atoms with van der Waals surface area (Å²) in [5.41, 5.74) is -0.367. The molecule has 0 bridgehead atoms. The van der Waals surface area contributed by atoms with Gasteiger partial charge in [-0.3, -0.25) is 14.5 Å². The lowest BCUT2D eigenvalue weighted by atomic mass is 9.82. The molecule has 106 valence electrons. The molecule has 0 radical (unpaired) electrons. The first-order valence-corrected chi connectivity index (χ1v) is 7.65. The van der Waals surface area contributed by atoms with Crippen LogP contribution in [0, 0.1) is 11.3 Å². The highest BCUT2D eigenvalue weighted by Gasteiger charge is 2.55. The minimum atomic E-state index is -0.367. The molecule has 3 rings (SSSR count). The van der Waals surface area contributed by atoms with Gasteiger partial charge in [0.1, 0.15) is 0 Å². The summed E-state index contributed by atoms with van der Waals surface area (Å²) in [7, 11) is 0. The van der Waals surface area contributed by atoms with Crippen LogP contribution in [0.5, 0.6) is 0 Å². The summed E-state index contributed by atoms with van der Waals surface area (Å²) < 4.78 is 0. The number of hydrogen-bond acceptors (Lipinski definition) is 3. The molecule has 2 atom stereocenters. The van der Waals surface area contributed by atoms with Crippen molar-refractivity contribution in [1.29, 1.82) is 0 Å². The fourth-order valence-corrected chi connectivity index (χ4v) is 4.34. The van der Waals surface area contributed by atoms with Crippen molar-refractivity contribution < 1.29 is 14.7 Å². The highest BCUT2D eigenvalue weighted by molar-refractivity contribution is 6.06. The van der Waals surface area contributed by atoms with E-state index in [2.05, 4.69) is 0 Å². The Morgan fingerprint density at radius 2 is 1.79 bits per heavy atom. The second-order valence-electron chi connectivity index (χ2n) is 6.53. The lowest BCUT2D eigenvalue weighted by molar-refractivity contribution is -0.146. The van der Waals surface area contributed by atoms with Gasteiger partial charge in [0.2, 0.25) is 11.8 Å². The van der Waals surface area contributed by atoms with Gasteiger partial charge in [-0.1, -0.05) is 25.7 Å². The van der Waals surface area contributed by atoms with E-state index in [4.69, 9.17) is 0 Å². The highest BCUT2D eigenvalue weighted by Crippen LogP contribution is 2.48. The number of nitrogens with zero attached hydrogens (tertiary/aromatic N) is 1. The molecule has 1 spiro atoms. The third-order valence-electron chi connectivity index (χ3n) is 5.43. The molecule has 2 aliphatic carbocycles. The summed E-state index contributed by atoms with van der Waals surface area (Å²) in [6.07, 6.45) is 8.29. The van der Waals surface area contributed by atoms with E-state index in [1.54, 1.807) is 4.90 Å². The Morgan fingerprint density at radius 1 is 1.11 bits per heavy atom. The highest BCUT2D eigenvalue weighted by atomic mass is 16.3. The number of likely N-dealkylation sites (tertiary alicyclic amines) is 1. The Labute approximate surface area is 114 Å². The van der Waals surface area contributed by atoms with Crippen molar-refractivity contribution in [3.05, 3.63) is 0 Å². The molecule has 1 heterocycles. The average molecular weight is 265 g/mol. The first-order valence-electron chi connectivity index (χ1n) is 7.65. The molecular formula is C15H23NO3. The van der Waals surface area contributed by atoms with Crippen LogP contribution >= 0.6 is 0 Å². The number of aliphatic hydroxyl groups is 1. The molecule has 3 aliphatic rings. The van der Waals surface area contributed by atoms with Crippen LogP contribution < -0.4 is 0 Å². The van der Waals surface area contributed by atoms with Gasteiger partial charge in [0.05, 0.1) is 5.41 Å². The summed E-state index contributed by atoms with van der Waals surface area (Å²) in [5.74, 6) is 0.177. The number of hydrogen-bond donors (Lipinski definition) is 1. The van der Waals surface area contributed by atoms with Crippen molar-refractivity contribution in [1.82, 2.24) is 4.90 Å². The van der Waals surface area contributed by atoms with Crippen LogP contribution in [0.1, 0.15) is 57.8 Å². The van der Waals surface area contributed by atoms with E-state index >= 15 is 0 Å². The fourth-order valence-electron chi connectivity index (χ4n) is 4.34. The summed E-state index contributed by atoms with van der Waals surface area (Å²) >= 11 is 0. The molecule has 1 saturated heterocycles. The van der Waals surface area contributed by atoms with Crippen molar-refractivity contribution in [2.45, 2.75) is 63.8 Å². The van der Waals surface area contributed by atoms with Crippen LogP contribution in [-0.2, 0) is 9.59 Å². The van der Waals surface area contributed by atoms with E-state index in [-0.39, 0.29) is 35.8 Å². The van der Waals surface area contributed by atoms with E-state index in [0.717, 1.165) is 51.4 Å². The molecule has 3 fully saturated rings. The molecular weight excluding hydrogens is 242 g/mol. The van der Waals surface area contributed by atoms with Gasteiger partial charge in [-0.25, -0.2) is 0 Å². The van der Waals surface area contributed by atoms with Crippen molar-refractivity contribution in [2.75, 3.05) is 6.61 Å². The number of carbonyl (C=O) groups is 2. The van der Waals surface area contributed by atoms with Gasteiger partial charge in [-0.15, -0.1) is 0 Å². The number of amides is 2. The Bertz CT molecular complexity index is 387. The molecule has 0 aromatic carbocycles. The zero-order valence-corrected chi connectivity index (χ0v) is 11.4. The first kappa shape index (κ1) is 13.1. The molecule has 2 saturated carbocycles. The minimum absolute atomic E-state index is 0.0113. The van der Waals surface area contributed by atoms with Gasteiger partial charge >= 0.3 is 0 Å². The lowest BCUT2D eigenvalue weighted by Crippen LogP contribution is -2.48. The Kier molecular flexibility index (Phi) is 3.37. The van der Waals surface area contributed by atoms with Gasteiger partial charge < -0.3 is 5.11 Å². The van der Waals surface area contributed by atoms with Gasteiger partial charge in [0.25, 0.3) is 0 Å². The summed E-state index contributed by atoms with van der Waals surface area (Å²) in [4.78, 5) is 26.6. The predicted octanol–water partition coefficient (Wildman–Crippen LogP) is 1.86. The summed E-state index contributed by atoms with van der Waals surface area (Å²) in [6.45, 7) is 0.0920. The normalized spacial score (nSPS) is 34.5. The second-order valence-corrected chi connectivity index (χ2v) is 6.53. The number of aliphatic hydroxyl groups excluding tert-OH is 1. The van der Waals surface area contributed by atoms with Crippen molar-refractivity contribution >= 4 is 11.8 Å². The Balaban J connectivity index is 1.83. The van der Waals surface area contributed by atoms with E-state index in [9.17, 15) is 14.7 Å². The first-order chi connectivity index (χ1) is 9.18. The standard InChI is InChI=1S/C15H23NO3/c17-10-11-5-1-2-6-12(11)16-13(18)9-15(14(16)19)7-3-4-8-15/h11-12,17H,1-10H2. The van der Waals surface area contributed by atoms with Crippen molar-refractivity contribution in [2.24, 2.45) is 11.3 Å². The number of imide groups is 1. The zero-order valence-electron chi connectivity index (χ0n) is 11.4. The van der Waals surface area contributed by atoms with Crippen LogP contribution in [-0.4, -0.2) is 34.5 Å². The van der Waals surface area contributed by atoms with E-state index < -0.39 is 0 Å². The van der Waals surface area contributed by atoms with Gasteiger partial charge in [0.15, 0.2) is 0 Å². The molecule has 2 unspecified atom stereocenters. The molecule has 0 aromatic heterocycles. The van der Waals surface area contributed by atoms with Crippen LogP contribution in [0.3, 0.4) is 0 Å². The van der Waals surface area contributed by atoms with Crippen LogP contribution in [0.2, 0.25) is 0 Å². The fraction of sp³-hybridized carbons (Fsp3) is 0.867. The molecule has 1 N–H and O–H groups in total. The van der Waals surface area contributed by atoms with E-state index in [1.165, 1.54) is 0 Å². The lowest BCUT2D eigenvalue weighted by Gasteiger charge is -2.36. The summed E-state index contributed by atoms with van der Waals surface area (Å²) in [6, 6.07) is -0.0428. The van der Waals surface area contributed by atoms with Crippen molar-refractivity contribution in [3.63, 3.8) is 0 Å². The quantitative estimate of drug-likeness (QED) is 0.775. The molecule has 4 nitrogen and oxygen atoms in total. The predicted molar refractivity (Wildman–Crippen MR) is 70.2 cm³/mol. The van der Waals surface area contributed by atoms with E-state index in [0.29, 0.717) is 6.42 Å². The van der Waals surface area contributed by atoms with Gasteiger partial charge in [-0.05, 0) is 25.7 Å². The third-order valence-corrected chi connectivity index (χ3v) is 5.43. The maximum atomic E-state index is 12.7. The minimum Gasteiger partial charge on any atom is -0.396 e. The molecule has 2 amide bonds. The van der Waals surface area contributed by atoms with Crippen LogP contribution in [0.4, 0.5) is 0 Å². The topological polar surface area (TPSA) is 57.6 Å². The maximum absolute atomic E-state index is 12.7. The molecule has 0 aromatic rings. The Hall–Kier alpha value is -0.900. The molecule has 19 heavy (non-hydrogen) atoms. The molecule has 1 aliphatic heterocycles. The Morgan fingerprint density at radius 3 is 2.47 bits per heavy atom.